The molecule has 1 rings (SSSR count). The van der Waals surface area contributed by atoms with Crippen molar-refractivity contribution < 1.29 is 9.47 Å². The van der Waals surface area contributed by atoms with Crippen molar-refractivity contribution in [2.24, 2.45) is 5.73 Å². The molecule has 0 radical (unpaired) electrons. The summed E-state index contributed by atoms with van der Waals surface area (Å²) in [5, 5.41) is 0. The number of benzene rings is 1. The van der Waals surface area contributed by atoms with E-state index < -0.39 is 0 Å². The summed E-state index contributed by atoms with van der Waals surface area (Å²) in [6.45, 7) is 4.08. The van der Waals surface area contributed by atoms with Gasteiger partial charge in [-0.25, -0.2) is 0 Å². The van der Waals surface area contributed by atoms with Crippen molar-refractivity contribution in [3.8, 4) is 11.5 Å². The third-order valence-electron chi connectivity index (χ3n) is 2.37. The van der Waals surface area contributed by atoms with Gasteiger partial charge in [0.1, 0.15) is 11.5 Å². The molecule has 0 unspecified atom stereocenters. The first-order valence-electron chi connectivity index (χ1n) is 5.60. The lowest BCUT2D eigenvalue weighted by atomic mass is 10.0. The minimum absolute atomic E-state index is 0.118. The number of rotatable bonds is 6. The highest BCUT2D eigenvalue weighted by Crippen LogP contribution is 2.33. The van der Waals surface area contributed by atoms with Crippen LogP contribution in [-0.4, -0.2) is 25.5 Å². The maximum absolute atomic E-state index is 5.95. The third-order valence-corrected chi connectivity index (χ3v) is 3.43. The minimum Gasteiger partial charge on any atom is -0.497 e. The Morgan fingerprint density at radius 2 is 1.94 bits per heavy atom. The summed E-state index contributed by atoms with van der Waals surface area (Å²) in [4.78, 5) is 1.12. The predicted molar refractivity (Wildman–Crippen MR) is 73.2 cm³/mol. The quantitative estimate of drug-likeness (QED) is 0.794. The summed E-state index contributed by atoms with van der Waals surface area (Å²) in [7, 11) is 3.32. The second-order valence-corrected chi connectivity index (χ2v) is 5.74. The smallest absolute Gasteiger partial charge is 0.136 e. The van der Waals surface area contributed by atoms with Crippen molar-refractivity contribution in [3.63, 3.8) is 0 Å². The van der Waals surface area contributed by atoms with Crippen LogP contribution in [0.3, 0.4) is 0 Å². The lowest BCUT2D eigenvalue weighted by molar-refractivity contribution is 0.387. The zero-order valence-electron chi connectivity index (χ0n) is 10.9. The zero-order valence-corrected chi connectivity index (χ0v) is 11.8. The molecule has 0 saturated carbocycles. The molecule has 0 spiro atoms. The average Bonchev–Trinajstić information content (AvgIpc) is 2.27. The highest BCUT2D eigenvalue weighted by atomic mass is 32.2. The van der Waals surface area contributed by atoms with Crippen LogP contribution in [0.5, 0.6) is 11.5 Å². The lowest BCUT2D eigenvalue weighted by Crippen LogP contribution is -2.32. The van der Waals surface area contributed by atoms with E-state index in [9.17, 15) is 0 Å². The molecule has 4 heteroatoms. The van der Waals surface area contributed by atoms with Gasteiger partial charge in [-0.05, 0) is 38.2 Å². The molecule has 0 heterocycles. The van der Waals surface area contributed by atoms with Gasteiger partial charge >= 0.3 is 0 Å². The van der Waals surface area contributed by atoms with Crippen LogP contribution in [0.1, 0.15) is 20.3 Å². The second kappa shape index (κ2) is 6.17. The summed E-state index contributed by atoms with van der Waals surface area (Å²) >= 11 is 1.76. The van der Waals surface area contributed by atoms with E-state index in [1.807, 2.05) is 32.0 Å². The second-order valence-electron chi connectivity index (χ2n) is 4.60. The van der Waals surface area contributed by atoms with Gasteiger partial charge in [-0.2, -0.15) is 0 Å². The van der Waals surface area contributed by atoms with Crippen LogP contribution in [0.4, 0.5) is 0 Å². The zero-order chi connectivity index (χ0) is 12.9. The molecule has 2 N–H and O–H groups in total. The van der Waals surface area contributed by atoms with Crippen molar-refractivity contribution in [1.82, 2.24) is 0 Å². The van der Waals surface area contributed by atoms with E-state index in [-0.39, 0.29) is 5.54 Å². The number of methoxy groups -OCH3 is 2. The Balaban J connectivity index is 2.64. The van der Waals surface area contributed by atoms with Crippen molar-refractivity contribution in [2.45, 2.75) is 30.7 Å². The number of nitrogens with two attached hydrogens (primary N) is 1. The molecule has 0 aromatic heterocycles. The van der Waals surface area contributed by atoms with E-state index in [4.69, 9.17) is 15.2 Å². The van der Waals surface area contributed by atoms with Gasteiger partial charge in [-0.15, -0.1) is 11.8 Å². The Morgan fingerprint density at radius 1 is 1.24 bits per heavy atom. The van der Waals surface area contributed by atoms with Crippen molar-refractivity contribution in [3.05, 3.63) is 18.2 Å². The first kappa shape index (κ1) is 14.2. The number of ether oxygens (including phenoxy) is 2. The SMILES string of the molecule is COc1ccc(SCCC(C)(C)N)c(OC)c1. The molecule has 0 fully saturated rings. The number of hydrogen-bond acceptors (Lipinski definition) is 4. The first-order chi connectivity index (χ1) is 7.96. The van der Waals surface area contributed by atoms with E-state index in [0.29, 0.717) is 0 Å². The largest absolute Gasteiger partial charge is 0.497 e. The molecule has 0 saturated heterocycles. The van der Waals surface area contributed by atoms with Crippen LogP contribution in [0, 0.1) is 0 Å². The molecular formula is C13H21NO2S. The monoisotopic (exact) mass is 255 g/mol. The third kappa shape index (κ3) is 4.88. The Bertz CT molecular complexity index is 361. The molecule has 17 heavy (non-hydrogen) atoms. The van der Waals surface area contributed by atoms with Gasteiger partial charge in [-0.1, -0.05) is 0 Å². The lowest BCUT2D eigenvalue weighted by Gasteiger charge is -2.18. The Kier molecular flexibility index (Phi) is 5.15. The van der Waals surface area contributed by atoms with Crippen LogP contribution >= 0.6 is 11.8 Å². The van der Waals surface area contributed by atoms with Gasteiger partial charge < -0.3 is 15.2 Å². The molecule has 96 valence electrons. The molecule has 0 aliphatic rings. The van der Waals surface area contributed by atoms with Crippen LogP contribution in [0.15, 0.2) is 23.1 Å². The first-order valence-corrected chi connectivity index (χ1v) is 6.58. The summed E-state index contributed by atoms with van der Waals surface area (Å²) in [5.74, 6) is 2.64. The minimum atomic E-state index is -0.118. The molecular weight excluding hydrogens is 234 g/mol. The molecule has 1 aromatic rings. The molecule has 0 atom stereocenters. The van der Waals surface area contributed by atoms with Crippen molar-refractivity contribution in [2.75, 3.05) is 20.0 Å². The van der Waals surface area contributed by atoms with Gasteiger partial charge in [0.25, 0.3) is 0 Å². The normalized spacial score (nSPS) is 11.4. The van der Waals surface area contributed by atoms with Gasteiger partial charge in [0.15, 0.2) is 0 Å². The van der Waals surface area contributed by atoms with E-state index in [1.165, 1.54) is 0 Å². The van der Waals surface area contributed by atoms with E-state index in [1.54, 1.807) is 26.0 Å². The fourth-order valence-electron chi connectivity index (χ4n) is 1.32. The highest BCUT2D eigenvalue weighted by molar-refractivity contribution is 7.99. The van der Waals surface area contributed by atoms with Crippen molar-refractivity contribution >= 4 is 11.8 Å². The van der Waals surface area contributed by atoms with Crippen LogP contribution in [0.2, 0.25) is 0 Å². The number of hydrogen-bond donors (Lipinski definition) is 1. The van der Waals surface area contributed by atoms with Crippen LogP contribution in [0.25, 0.3) is 0 Å². The van der Waals surface area contributed by atoms with Gasteiger partial charge in [0.05, 0.1) is 14.2 Å². The fraction of sp³-hybridized carbons (Fsp3) is 0.538. The Hall–Kier alpha value is -0.870. The van der Waals surface area contributed by atoms with E-state index in [0.717, 1.165) is 28.6 Å². The maximum atomic E-state index is 5.95. The predicted octanol–water partition coefficient (Wildman–Crippen LogP) is 2.92. The highest BCUT2D eigenvalue weighted by Gasteiger charge is 2.11. The molecule has 0 bridgehead atoms. The average molecular weight is 255 g/mol. The summed E-state index contributed by atoms with van der Waals surface area (Å²) in [6, 6.07) is 5.86. The van der Waals surface area contributed by atoms with Gasteiger partial charge in [0.2, 0.25) is 0 Å². The molecule has 0 aliphatic heterocycles. The maximum Gasteiger partial charge on any atom is 0.136 e. The molecule has 0 aliphatic carbocycles. The Morgan fingerprint density at radius 3 is 2.47 bits per heavy atom. The molecule has 0 amide bonds. The van der Waals surface area contributed by atoms with Crippen LogP contribution in [-0.2, 0) is 0 Å². The Labute approximate surface area is 108 Å². The molecule has 1 aromatic carbocycles. The van der Waals surface area contributed by atoms with E-state index in [2.05, 4.69) is 0 Å². The van der Waals surface area contributed by atoms with E-state index >= 15 is 0 Å². The standard InChI is InChI=1S/C13H21NO2S/c1-13(2,14)7-8-17-12-6-5-10(15-3)9-11(12)16-4/h5-6,9H,7-8,14H2,1-4H3. The molecule has 3 nitrogen and oxygen atoms in total. The van der Waals surface area contributed by atoms with Gasteiger partial charge in [0, 0.05) is 16.5 Å². The van der Waals surface area contributed by atoms with Crippen LogP contribution < -0.4 is 15.2 Å². The summed E-state index contributed by atoms with van der Waals surface area (Å²) in [5.41, 5.74) is 5.83. The number of thioether (sulfide) groups is 1. The van der Waals surface area contributed by atoms with Gasteiger partial charge in [-0.3, -0.25) is 0 Å². The topological polar surface area (TPSA) is 44.5 Å². The summed E-state index contributed by atoms with van der Waals surface area (Å²) in [6.07, 6.45) is 0.965. The van der Waals surface area contributed by atoms with Crippen molar-refractivity contribution in [1.29, 1.82) is 0 Å². The fourth-order valence-corrected chi connectivity index (χ4v) is 2.62. The summed E-state index contributed by atoms with van der Waals surface area (Å²) < 4.78 is 10.5.